The monoisotopic (exact) mass is 300 g/mol. The molecule has 0 saturated carbocycles. The standard InChI is InChI=1S/C16H10ClFN2O/c17-13-6-5-12(8-14(13)18)20-16(21)11-7-10-3-1-2-4-15(10)19-9-11/h1-9H,(H,20,21). The highest BCUT2D eigenvalue weighted by Gasteiger charge is 2.09. The number of carbonyl (C=O) groups is 1. The smallest absolute Gasteiger partial charge is 0.257 e. The lowest BCUT2D eigenvalue weighted by Gasteiger charge is -2.06. The Morgan fingerprint density at radius 1 is 1.14 bits per heavy atom. The minimum atomic E-state index is -0.578. The van der Waals surface area contributed by atoms with Crippen LogP contribution < -0.4 is 5.32 Å². The third-order valence-corrected chi connectivity index (χ3v) is 3.34. The van der Waals surface area contributed by atoms with Crippen LogP contribution in [-0.4, -0.2) is 10.9 Å². The van der Waals surface area contributed by atoms with Gasteiger partial charge in [0, 0.05) is 17.3 Å². The first-order chi connectivity index (χ1) is 10.1. The van der Waals surface area contributed by atoms with Gasteiger partial charge < -0.3 is 5.32 Å². The molecule has 104 valence electrons. The first kappa shape index (κ1) is 13.5. The van der Waals surface area contributed by atoms with E-state index in [2.05, 4.69) is 10.3 Å². The van der Waals surface area contributed by atoms with Crippen LogP contribution in [0.15, 0.2) is 54.7 Å². The van der Waals surface area contributed by atoms with E-state index in [1.807, 2.05) is 24.3 Å². The van der Waals surface area contributed by atoms with Crippen molar-refractivity contribution in [2.45, 2.75) is 0 Å². The van der Waals surface area contributed by atoms with Gasteiger partial charge in [-0.05, 0) is 30.3 Å². The molecule has 1 heterocycles. The highest BCUT2D eigenvalue weighted by Crippen LogP contribution is 2.20. The molecular weight excluding hydrogens is 291 g/mol. The van der Waals surface area contributed by atoms with Crippen molar-refractivity contribution in [1.82, 2.24) is 4.98 Å². The predicted octanol–water partition coefficient (Wildman–Crippen LogP) is 4.28. The molecule has 0 spiro atoms. The summed E-state index contributed by atoms with van der Waals surface area (Å²) in [6, 6.07) is 13.3. The quantitative estimate of drug-likeness (QED) is 0.767. The SMILES string of the molecule is O=C(Nc1ccc(Cl)c(F)c1)c1cnc2ccccc2c1. The molecular formula is C16H10ClFN2O. The number of nitrogens with one attached hydrogen (secondary N) is 1. The van der Waals surface area contributed by atoms with E-state index in [9.17, 15) is 9.18 Å². The lowest BCUT2D eigenvalue weighted by Crippen LogP contribution is -2.12. The number of hydrogen-bond acceptors (Lipinski definition) is 2. The van der Waals surface area contributed by atoms with E-state index in [-0.39, 0.29) is 10.9 Å². The number of amides is 1. The van der Waals surface area contributed by atoms with Gasteiger partial charge in [-0.3, -0.25) is 9.78 Å². The molecule has 0 unspecified atom stereocenters. The van der Waals surface area contributed by atoms with Gasteiger partial charge in [0.25, 0.3) is 5.91 Å². The first-order valence-electron chi connectivity index (χ1n) is 6.25. The number of aromatic nitrogens is 1. The van der Waals surface area contributed by atoms with Crippen molar-refractivity contribution in [3.8, 4) is 0 Å². The van der Waals surface area contributed by atoms with Gasteiger partial charge in [0.2, 0.25) is 0 Å². The zero-order valence-corrected chi connectivity index (χ0v) is 11.6. The Balaban J connectivity index is 1.87. The maximum absolute atomic E-state index is 13.3. The van der Waals surface area contributed by atoms with Crippen molar-refractivity contribution in [2.75, 3.05) is 5.32 Å². The maximum Gasteiger partial charge on any atom is 0.257 e. The molecule has 0 radical (unpaired) electrons. The summed E-state index contributed by atoms with van der Waals surface area (Å²) in [6.07, 6.45) is 1.49. The number of rotatable bonds is 2. The molecule has 3 aromatic rings. The van der Waals surface area contributed by atoms with Crippen molar-refractivity contribution in [2.24, 2.45) is 0 Å². The third kappa shape index (κ3) is 2.85. The Bertz CT molecular complexity index is 835. The number of anilines is 1. The van der Waals surface area contributed by atoms with E-state index in [4.69, 9.17) is 11.6 Å². The molecule has 0 bridgehead atoms. The van der Waals surface area contributed by atoms with E-state index in [1.54, 1.807) is 6.07 Å². The van der Waals surface area contributed by atoms with E-state index >= 15 is 0 Å². The number of benzene rings is 2. The van der Waals surface area contributed by atoms with Crippen molar-refractivity contribution in [3.63, 3.8) is 0 Å². The number of pyridine rings is 1. The summed E-state index contributed by atoms with van der Waals surface area (Å²) in [5.74, 6) is -0.930. The lowest BCUT2D eigenvalue weighted by atomic mass is 10.1. The number of halogens is 2. The molecule has 1 N–H and O–H groups in total. The number of hydrogen-bond donors (Lipinski definition) is 1. The van der Waals surface area contributed by atoms with Crippen molar-refractivity contribution in [3.05, 3.63) is 71.1 Å². The summed E-state index contributed by atoms with van der Waals surface area (Å²) in [7, 11) is 0. The zero-order valence-electron chi connectivity index (χ0n) is 10.8. The topological polar surface area (TPSA) is 42.0 Å². The number of para-hydroxylation sites is 1. The van der Waals surface area contributed by atoms with Crippen LogP contribution in [0, 0.1) is 5.82 Å². The van der Waals surface area contributed by atoms with Crippen LogP contribution in [0.25, 0.3) is 10.9 Å². The Hall–Kier alpha value is -2.46. The number of carbonyl (C=O) groups excluding carboxylic acids is 1. The second kappa shape index (κ2) is 5.50. The second-order valence-electron chi connectivity index (χ2n) is 4.50. The molecule has 2 aromatic carbocycles. The fourth-order valence-electron chi connectivity index (χ4n) is 1.97. The molecule has 0 fully saturated rings. The summed E-state index contributed by atoms with van der Waals surface area (Å²) in [5, 5.41) is 3.50. The normalized spacial score (nSPS) is 10.6. The molecule has 1 amide bonds. The largest absolute Gasteiger partial charge is 0.322 e. The fraction of sp³-hybridized carbons (Fsp3) is 0. The van der Waals surface area contributed by atoms with Gasteiger partial charge in [0.1, 0.15) is 5.82 Å². The molecule has 3 rings (SSSR count). The van der Waals surface area contributed by atoms with Crippen LogP contribution in [0.4, 0.5) is 10.1 Å². The van der Waals surface area contributed by atoms with Crippen molar-refractivity contribution in [1.29, 1.82) is 0 Å². The van der Waals surface area contributed by atoms with Crippen LogP contribution in [0.3, 0.4) is 0 Å². The van der Waals surface area contributed by atoms with Crippen LogP contribution in [0.2, 0.25) is 5.02 Å². The van der Waals surface area contributed by atoms with E-state index in [0.29, 0.717) is 11.3 Å². The van der Waals surface area contributed by atoms with Crippen molar-refractivity contribution < 1.29 is 9.18 Å². The molecule has 21 heavy (non-hydrogen) atoms. The molecule has 0 saturated heterocycles. The number of nitrogens with zero attached hydrogens (tertiary/aromatic N) is 1. The second-order valence-corrected chi connectivity index (χ2v) is 4.91. The summed E-state index contributed by atoms with van der Waals surface area (Å²) in [5.41, 5.74) is 1.56. The summed E-state index contributed by atoms with van der Waals surface area (Å²) >= 11 is 5.60. The van der Waals surface area contributed by atoms with Gasteiger partial charge in [0.15, 0.2) is 0 Å². The van der Waals surface area contributed by atoms with Gasteiger partial charge in [-0.15, -0.1) is 0 Å². The molecule has 1 aromatic heterocycles. The maximum atomic E-state index is 13.3. The zero-order chi connectivity index (χ0) is 14.8. The molecule has 5 heteroatoms. The molecule has 0 aliphatic heterocycles. The Morgan fingerprint density at radius 2 is 1.95 bits per heavy atom. The van der Waals surface area contributed by atoms with Crippen LogP contribution in [-0.2, 0) is 0 Å². The van der Waals surface area contributed by atoms with E-state index < -0.39 is 5.82 Å². The molecule has 0 aliphatic rings. The van der Waals surface area contributed by atoms with Gasteiger partial charge in [-0.25, -0.2) is 4.39 Å². The van der Waals surface area contributed by atoms with Crippen LogP contribution in [0.5, 0.6) is 0 Å². The van der Waals surface area contributed by atoms with Crippen LogP contribution in [0.1, 0.15) is 10.4 Å². The van der Waals surface area contributed by atoms with Crippen molar-refractivity contribution >= 4 is 34.1 Å². The third-order valence-electron chi connectivity index (χ3n) is 3.03. The highest BCUT2D eigenvalue weighted by atomic mass is 35.5. The molecule has 0 aliphatic carbocycles. The first-order valence-corrected chi connectivity index (χ1v) is 6.62. The van der Waals surface area contributed by atoms with Gasteiger partial charge in [-0.2, -0.15) is 0 Å². The highest BCUT2D eigenvalue weighted by molar-refractivity contribution is 6.30. The van der Waals surface area contributed by atoms with E-state index in [1.165, 1.54) is 24.4 Å². The van der Waals surface area contributed by atoms with Gasteiger partial charge in [-0.1, -0.05) is 29.8 Å². The summed E-state index contributed by atoms with van der Waals surface area (Å²) in [6.45, 7) is 0. The summed E-state index contributed by atoms with van der Waals surface area (Å²) in [4.78, 5) is 16.4. The lowest BCUT2D eigenvalue weighted by molar-refractivity contribution is 0.102. The van der Waals surface area contributed by atoms with Gasteiger partial charge in [0.05, 0.1) is 16.1 Å². The Morgan fingerprint density at radius 3 is 2.76 bits per heavy atom. The van der Waals surface area contributed by atoms with Crippen LogP contribution >= 0.6 is 11.6 Å². The molecule has 3 nitrogen and oxygen atoms in total. The fourth-order valence-corrected chi connectivity index (χ4v) is 2.09. The summed E-state index contributed by atoms with van der Waals surface area (Å²) < 4.78 is 13.3. The average molecular weight is 301 g/mol. The minimum absolute atomic E-state index is 0.0142. The minimum Gasteiger partial charge on any atom is -0.322 e. The van der Waals surface area contributed by atoms with Gasteiger partial charge >= 0.3 is 0 Å². The average Bonchev–Trinajstić information content (AvgIpc) is 2.50. The van der Waals surface area contributed by atoms with E-state index in [0.717, 1.165) is 10.9 Å². The Kier molecular flexibility index (Phi) is 3.54. The Labute approximate surface area is 125 Å². The number of fused-ring (bicyclic) bond motifs is 1. The molecule has 0 atom stereocenters. The predicted molar refractivity (Wildman–Crippen MR) is 81.1 cm³/mol.